The van der Waals surface area contributed by atoms with Crippen LogP contribution in [0, 0.1) is 11.6 Å². The maximum Gasteiger partial charge on any atom is 0.352 e. The molecule has 2 aromatic heterocycles. The number of carbonyl (C=O) groups is 1. The van der Waals surface area contributed by atoms with Gasteiger partial charge in [-0.15, -0.1) is 5.10 Å². The molecule has 34 heavy (non-hydrogen) atoms. The Bertz CT molecular complexity index is 1670. The minimum absolute atomic E-state index is 0.0385. The third-order valence-electron chi connectivity index (χ3n) is 5.34. The number of nitrogens with zero attached hydrogens (tertiary/aromatic N) is 4. The fraction of sp³-hybridized carbons (Fsp3) is 0.0833. The SMILES string of the molecule is O=C(Cn1nc2n(Cc3ccc(F)cc3)c(=O)c3ccccc3n2c1=O)Nc1cccc(F)c1. The molecule has 3 aromatic carbocycles. The van der Waals surface area contributed by atoms with Crippen LogP contribution in [0.5, 0.6) is 0 Å². The van der Waals surface area contributed by atoms with Crippen LogP contribution in [0.15, 0.2) is 82.4 Å². The van der Waals surface area contributed by atoms with Gasteiger partial charge in [-0.05, 0) is 48.0 Å². The van der Waals surface area contributed by atoms with Crippen molar-refractivity contribution >= 4 is 28.3 Å². The van der Waals surface area contributed by atoms with Gasteiger partial charge in [-0.1, -0.05) is 30.3 Å². The van der Waals surface area contributed by atoms with Crippen molar-refractivity contribution in [1.82, 2.24) is 18.7 Å². The van der Waals surface area contributed by atoms with E-state index in [1.807, 2.05) is 0 Å². The zero-order chi connectivity index (χ0) is 23.8. The molecule has 1 N–H and O–H groups in total. The van der Waals surface area contributed by atoms with E-state index < -0.39 is 29.8 Å². The van der Waals surface area contributed by atoms with Crippen LogP contribution in [-0.4, -0.2) is 24.7 Å². The first kappa shape index (κ1) is 21.3. The number of rotatable bonds is 5. The molecule has 10 heteroatoms. The Morgan fingerprint density at radius 1 is 0.912 bits per heavy atom. The van der Waals surface area contributed by atoms with Gasteiger partial charge < -0.3 is 5.32 Å². The minimum Gasteiger partial charge on any atom is -0.324 e. The highest BCUT2D eigenvalue weighted by molar-refractivity contribution is 5.90. The van der Waals surface area contributed by atoms with E-state index in [1.54, 1.807) is 24.3 Å². The molecule has 0 bridgehead atoms. The lowest BCUT2D eigenvalue weighted by Crippen LogP contribution is -2.29. The molecule has 0 saturated carbocycles. The normalized spacial score (nSPS) is 11.2. The van der Waals surface area contributed by atoms with Gasteiger partial charge in [0.15, 0.2) is 0 Å². The number of para-hydroxylation sites is 1. The predicted molar refractivity (Wildman–Crippen MR) is 122 cm³/mol. The van der Waals surface area contributed by atoms with Crippen LogP contribution < -0.4 is 16.6 Å². The van der Waals surface area contributed by atoms with Gasteiger partial charge in [0, 0.05) is 5.69 Å². The molecule has 5 rings (SSSR count). The quantitative estimate of drug-likeness (QED) is 0.436. The zero-order valence-electron chi connectivity index (χ0n) is 17.6. The Kier molecular flexibility index (Phi) is 5.25. The molecule has 170 valence electrons. The second-order valence-corrected chi connectivity index (χ2v) is 7.67. The molecule has 2 heterocycles. The lowest BCUT2D eigenvalue weighted by atomic mass is 10.2. The number of nitrogens with one attached hydrogen (secondary N) is 1. The van der Waals surface area contributed by atoms with Gasteiger partial charge in [0.2, 0.25) is 11.7 Å². The molecule has 0 aliphatic heterocycles. The van der Waals surface area contributed by atoms with Crippen molar-refractivity contribution in [3.63, 3.8) is 0 Å². The molecule has 5 aromatic rings. The van der Waals surface area contributed by atoms with Crippen LogP contribution in [-0.2, 0) is 17.9 Å². The summed E-state index contributed by atoms with van der Waals surface area (Å²) in [5.41, 5.74) is 0.217. The fourth-order valence-electron chi connectivity index (χ4n) is 3.79. The molecular formula is C24H17F2N5O3. The number of amides is 1. The molecule has 0 fully saturated rings. The molecule has 0 spiro atoms. The van der Waals surface area contributed by atoms with Crippen LogP contribution in [0.4, 0.5) is 14.5 Å². The van der Waals surface area contributed by atoms with Crippen molar-refractivity contribution in [1.29, 1.82) is 0 Å². The van der Waals surface area contributed by atoms with Crippen molar-refractivity contribution in [2.24, 2.45) is 0 Å². The highest BCUT2D eigenvalue weighted by Crippen LogP contribution is 2.13. The number of aromatic nitrogens is 4. The van der Waals surface area contributed by atoms with E-state index in [0.29, 0.717) is 16.5 Å². The highest BCUT2D eigenvalue weighted by Gasteiger charge is 2.19. The lowest BCUT2D eigenvalue weighted by Gasteiger charge is -2.09. The first-order valence-electron chi connectivity index (χ1n) is 10.3. The summed E-state index contributed by atoms with van der Waals surface area (Å²) in [6.45, 7) is -0.407. The maximum atomic E-state index is 13.4. The number of hydrogen-bond donors (Lipinski definition) is 1. The number of benzene rings is 3. The van der Waals surface area contributed by atoms with Crippen LogP contribution in [0.2, 0.25) is 0 Å². The van der Waals surface area contributed by atoms with E-state index in [2.05, 4.69) is 10.4 Å². The van der Waals surface area contributed by atoms with E-state index in [9.17, 15) is 23.2 Å². The molecule has 8 nitrogen and oxygen atoms in total. The first-order valence-corrected chi connectivity index (χ1v) is 10.3. The van der Waals surface area contributed by atoms with Gasteiger partial charge in [0.25, 0.3) is 5.56 Å². The topological polar surface area (TPSA) is 90.4 Å². The Balaban J connectivity index is 1.61. The average Bonchev–Trinajstić information content (AvgIpc) is 3.13. The number of carbonyl (C=O) groups excluding carboxylic acids is 1. The molecule has 0 radical (unpaired) electrons. The molecule has 0 aliphatic carbocycles. The monoisotopic (exact) mass is 461 g/mol. The smallest absolute Gasteiger partial charge is 0.324 e. The summed E-state index contributed by atoms with van der Waals surface area (Å²) in [5, 5.41) is 7.07. The fourth-order valence-corrected chi connectivity index (χ4v) is 3.79. The highest BCUT2D eigenvalue weighted by atomic mass is 19.1. The summed E-state index contributed by atoms with van der Waals surface area (Å²) in [6.07, 6.45) is 0. The summed E-state index contributed by atoms with van der Waals surface area (Å²) in [7, 11) is 0. The van der Waals surface area contributed by atoms with Crippen molar-refractivity contribution in [3.8, 4) is 0 Å². The van der Waals surface area contributed by atoms with Gasteiger partial charge in [-0.25, -0.2) is 22.7 Å². The molecule has 1 amide bonds. The second-order valence-electron chi connectivity index (χ2n) is 7.67. The van der Waals surface area contributed by atoms with Crippen molar-refractivity contribution in [3.05, 3.63) is 111 Å². The predicted octanol–water partition coefficient (Wildman–Crippen LogP) is 2.78. The molecule has 0 saturated heterocycles. The third-order valence-corrected chi connectivity index (χ3v) is 5.34. The second kappa shape index (κ2) is 8.39. The van der Waals surface area contributed by atoms with Gasteiger partial charge >= 0.3 is 5.69 Å². The van der Waals surface area contributed by atoms with Gasteiger partial charge in [0.05, 0.1) is 17.4 Å². The average molecular weight is 461 g/mol. The largest absolute Gasteiger partial charge is 0.352 e. The van der Waals surface area contributed by atoms with Crippen LogP contribution in [0.25, 0.3) is 16.7 Å². The van der Waals surface area contributed by atoms with Crippen LogP contribution >= 0.6 is 0 Å². The number of hydrogen-bond acceptors (Lipinski definition) is 4. The molecular weight excluding hydrogens is 444 g/mol. The summed E-state index contributed by atoms with van der Waals surface area (Å²) < 4.78 is 30.2. The number of fused-ring (bicyclic) bond motifs is 3. The Morgan fingerprint density at radius 3 is 2.44 bits per heavy atom. The molecule has 0 atom stereocenters. The Labute approximate surface area is 190 Å². The van der Waals surface area contributed by atoms with Gasteiger partial charge in [-0.3, -0.25) is 14.2 Å². The standard InChI is InChI=1S/C24H17F2N5O3/c25-16-10-8-15(9-11-16)13-29-22(33)19-6-1-2-7-20(19)31-23(29)28-30(24(31)34)14-21(32)27-18-5-3-4-17(26)12-18/h1-12H,13-14H2,(H,27,32). The Morgan fingerprint density at radius 2 is 1.68 bits per heavy atom. The van der Waals surface area contributed by atoms with E-state index in [1.165, 1.54) is 51.4 Å². The third kappa shape index (κ3) is 3.85. The van der Waals surface area contributed by atoms with Crippen molar-refractivity contribution in [2.75, 3.05) is 5.32 Å². The molecule has 0 unspecified atom stereocenters. The van der Waals surface area contributed by atoms with Crippen LogP contribution in [0.1, 0.15) is 5.56 Å². The Hall–Kier alpha value is -4.60. The zero-order valence-corrected chi connectivity index (χ0v) is 17.6. The van der Waals surface area contributed by atoms with Crippen LogP contribution in [0.3, 0.4) is 0 Å². The molecule has 0 aliphatic rings. The first-order chi connectivity index (χ1) is 16.4. The van der Waals surface area contributed by atoms with Crippen molar-refractivity contribution in [2.45, 2.75) is 13.1 Å². The maximum absolute atomic E-state index is 13.4. The summed E-state index contributed by atoms with van der Waals surface area (Å²) in [5.74, 6) is -1.48. The summed E-state index contributed by atoms with van der Waals surface area (Å²) in [6, 6.07) is 17.6. The van der Waals surface area contributed by atoms with E-state index in [0.717, 1.165) is 10.7 Å². The lowest BCUT2D eigenvalue weighted by molar-refractivity contribution is -0.117. The summed E-state index contributed by atoms with van der Waals surface area (Å²) >= 11 is 0. The van der Waals surface area contributed by atoms with Gasteiger partial charge in [-0.2, -0.15) is 0 Å². The van der Waals surface area contributed by atoms with Gasteiger partial charge in [0.1, 0.15) is 18.2 Å². The number of halogens is 2. The van der Waals surface area contributed by atoms with E-state index in [4.69, 9.17) is 0 Å². The van der Waals surface area contributed by atoms with E-state index >= 15 is 0 Å². The summed E-state index contributed by atoms with van der Waals surface area (Å²) in [4.78, 5) is 39.0. The minimum atomic E-state index is -0.617. The van der Waals surface area contributed by atoms with E-state index in [-0.39, 0.29) is 23.6 Å². The number of anilines is 1. The van der Waals surface area contributed by atoms with Crippen molar-refractivity contribution < 1.29 is 13.6 Å².